The number of anilines is 4. The Kier molecular flexibility index (Phi) is 6.87. The Morgan fingerprint density at radius 1 is 1.00 bits per heavy atom. The molecule has 0 radical (unpaired) electrons. The molecule has 2 aromatic carbocycles. The lowest BCUT2D eigenvalue weighted by Crippen LogP contribution is -2.31. The molecule has 1 saturated heterocycles. The average molecular weight is 476 g/mol. The molecule has 166 valence electrons. The Morgan fingerprint density at radius 2 is 1.72 bits per heavy atom. The fourth-order valence-corrected chi connectivity index (χ4v) is 3.72. The van der Waals surface area contributed by atoms with E-state index in [0.717, 1.165) is 25.9 Å². The summed E-state index contributed by atoms with van der Waals surface area (Å²) in [5, 5.41) is 17.7. The molecule has 2 heterocycles. The van der Waals surface area contributed by atoms with Crippen LogP contribution in [0.15, 0.2) is 41.5 Å². The minimum atomic E-state index is -0.332. The van der Waals surface area contributed by atoms with Gasteiger partial charge in [-0.25, -0.2) is 9.82 Å². The molecule has 8 nitrogen and oxygen atoms in total. The smallest absolute Gasteiger partial charge is 0.250 e. The van der Waals surface area contributed by atoms with Gasteiger partial charge in [0.25, 0.3) is 0 Å². The maximum Gasteiger partial charge on any atom is 0.250 e. The van der Waals surface area contributed by atoms with Gasteiger partial charge in [-0.1, -0.05) is 23.2 Å². The molecule has 1 aliphatic heterocycles. The second-order valence-corrected chi connectivity index (χ2v) is 8.00. The van der Waals surface area contributed by atoms with Crippen molar-refractivity contribution < 1.29 is 9.50 Å². The van der Waals surface area contributed by atoms with Crippen LogP contribution in [-0.2, 0) is 0 Å². The Labute approximate surface area is 194 Å². The highest BCUT2D eigenvalue weighted by Crippen LogP contribution is 2.30. The topological polar surface area (TPSA) is 98.6 Å². The molecule has 0 atom stereocenters. The van der Waals surface area contributed by atoms with Crippen LogP contribution < -0.4 is 15.6 Å². The van der Waals surface area contributed by atoms with Crippen molar-refractivity contribution in [2.45, 2.75) is 19.3 Å². The molecular weight excluding hydrogens is 456 g/mol. The highest BCUT2D eigenvalue weighted by molar-refractivity contribution is 6.36. The van der Waals surface area contributed by atoms with Crippen LogP contribution in [0.4, 0.5) is 27.9 Å². The van der Waals surface area contributed by atoms with Gasteiger partial charge in [-0.05, 0) is 55.7 Å². The summed E-state index contributed by atoms with van der Waals surface area (Å²) in [6.07, 6.45) is 4.65. The first-order valence-corrected chi connectivity index (χ1v) is 10.7. The average Bonchev–Trinajstić information content (AvgIpc) is 2.79. The molecule has 32 heavy (non-hydrogen) atoms. The number of hydrogen-bond acceptors (Lipinski definition) is 8. The second kappa shape index (κ2) is 9.97. The standard InChI is InChI=1S/C21H20Cl2FN7O/c22-14-10-13(18(32)17(23)11-14)12-25-30-20-27-19(26-16-6-4-15(24)5-7-16)28-21(29-20)31-8-2-1-3-9-31/h4-7,10-12,32H,1-3,8-9H2,(H2,26,27,28,29,30). The number of nitrogens with zero attached hydrogens (tertiary/aromatic N) is 5. The number of halogens is 3. The van der Waals surface area contributed by atoms with E-state index >= 15 is 0 Å². The fourth-order valence-electron chi connectivity index (χ4n) is 3.21. The number of benzene rings is 2. The highest BCUT2D eigenvalue weighted by Gasteiger charge is 2.16. The third-order valence-corrected chi connectivity index (χ3v) is 5.30. The summed E-state index contributed by atoms with van der Waals surface area (Å²) in [6, 6.07) is 8.85. The van der Waals surface area contributed by atoms with Crippen LogP contribution in [0.25, 0.3) is 0 Å². The number of nitrogens with one attached hydrogen (secondary N) is 2. The van der Waals surface area contributed by atoms with Gasteiger partial charge in [0.05, 0.1) is 11.2 Å². The largest absolute Gasteiger partial charge is 0.506 e. The number of hydrogen-bond donors (Lipinski definition) is 3. The van der Waals surface area contributed by atoms with Gasteiger partial charge in [-0.15, -0.1) is 0 Å². The molecule has 1 aromatic heterocycles. The lowest BCUT2D eigenvalue weighted by Gasteiger charge is -2.26. The van der Waals surface area contributed by atoms with Crippen molar-refractivity contribution >= 4 is 52.9 Å². The lowest BCUT2D eigenvalue weighted by atomic mass is 10.1. The number of hydrazone groups is 1. The molecule has 0 saturated carbocycles. The summed E-state index contributed by atoms with van der Waals surface area (Å²) in [4.78, 5) is 15.4. The summed E-state index contributed by atoms with van der Waals surface area (Å²) >= 11 is 11.9. The van der Waals surface area contributed by atoms with E-state index in [0.29, 0.717) is 28.2 Å². The van der Waals surface area contributed by atoms with E-state index in [1.807, 2.05) is 0 Å². The van der Waals surface area contributed by atoms with E-state index in [9.17, 15) is 9.50 Å². The van der Waals surface area contributed by atoms with Crippen LogP contribution in [0.1, 0.15) is 24.8 Å². The van der Waals surface area contributed by atoms with Gasteiger partial charge in [-0.2, -0.15) is 20.1 Å². The van der Waals surface area contributed by atoms with Gasteiger partial charge >= 0.3 is 0 Å². The van der Waals surface area contributed by atoms with Gasteiger partial charge < -0.3 is 15.3 Å². The van der Waals surface area contributed by atoms with Crippen LogP contribution >= 0.6 is 23.2 Å². The molecule has 3 N–H and O–H groups in total. The minimum Gasteiger partial charge on any atom is -0.506 e. The number of rotatable bonds is 6. The van der Waals surface area contributed by atoms with Crippen molar-refractivity contribution in [1.29, 1.82) is 0 Å². The van der Waals surface area contributed by atoms with Crippen LogP contribution in [0.3, 0.4) is 0 Å². The van der Waals surface area contributed by atoms with Crippen LogP contribution in [-0.4, -0.2) is 39.4 Å². The van der Waals surface area contributed by atoms with E-state index in [4.69, 9.17) is 23.2 Å². The van der Waals surface area contributed by atoms with Crippen molar-refractivity contribution in [1.82, 2.24) is 15.0 Å². The molecule has 1 fully saturated rings. The fraction of sp³-hybridized carbons (Fsp3) is 0.238. The Balaban J connectivity index is 1.59. The summed E-state index contributed by atoms with van der Waals surface area (Å²) in [7, 11) is 0. The third-order valence-electron chi connectivity index (χ3n) is 4.79. The summed E-state index contributed by atoms with van der Waals surface area (Å²) in [6.45, 7) is 1.69. The first-order chi connectivity index (χ1) is 15.5. The van der Waals surface area contributed by atoms with Crippen molar-refractivity contribution in [3.8, 4) is 5.75 Å². The number of aromatic nitrogens is 3. The zero-order valence-electron chi connectivity index (χ0n) is 16.9. The second-order valence-electron chi connectivity index (χ2n) is 7.16. The van der Waals surface area contributed by atoms with E-state index in [2.05, 4.69) is 35.7 Å². The normalized spacial score (nSPS) is 14.0. The van der Waals surface area contributed by atoms with Crippen LogP contribution in [0.5, 0.6) is 5.75 Å². The predicted octanol–water partition coefficient (Wildman–Crippen LogP) is 5.20. The molecule has 3 aromatic rings. The zero-order chi connectivity index (χ0) is 22.5. The quantitative estimate of drug-likeness (QED) is 0.332. The van der Waals surface area contributed by atoms with Crippen LogP contribution in [0, 0.1) is 5.82 Å². The number of aromatic hydroxyl groups is 1. The molecule has 1 aliphatic rings. The molecule has 11 heteroatoms. The molecule has 0 bridgehead atoms. The number of piperidine rings is 1. The monoisotopic (exact) mass is 475 g/mol. The molecule has 0 spiro atoms. The van der Waals surface area contributed by atoms with Crippen molar-refractivity contribution in [2.24, 2.45) is 5.10 Å². The SMILES string of the molecule is Oc1c(Cl)cc(Cl)cc1C=NNc1nc(Nc2ccc(F)cc2)nc(N2CCCCC2)n1. The van der Waals surface area contributed by atoms with Gasteiger partial charge in [0.2, 0.25) is 17.8 Å². The Morgan fingerprint density at radius 3 is 2.47 bits per heavy atom. The first-order valence-electron chi connectivity index (χ1n) is 9.98. The molecule has 0 amide bonds. The van der Waals surface area contributed by atoms with Crippen molar-refractivity contribution in [3.05, 3.63) is 57.8 Å². The number of phenolic OH excluding ortho intramolecular Hbond substituents is 1. The Hall–Kier alpha value is -3.17. The summed E-state index contributed by atoms with van der Waals surface area (Å²) in [5.41, 5.74) is 3.73. The predicted molar refractivity (Wildman–Crippen MR) is 125 cm³/mol. The van der Waals surface area contributed by atoms with E-state index in [1.165, 1.54) is 36.9 Å². The molecule has 4 rings (SSSR count). The van der Waals surface area contributed by atoms with Crippen molar-refractivity contribution in [3.63, 3.8) is 0 Å². The first kappa shape index (κ1) is 22.0. The van der Waals surface area contributed by atoms with Gasteiger partial charge in [0.15, 0.2) is 0 Å². The maximum absolute atomic E-state index is 13.2. The molecular formula is C21H20Cl2FN7O. The lowest BCUT2D eigenvalue weighted by molar-refractivity contribution is 0.475. The molecule has 0 unspecified atom stereocenters. The van der Waals surface area contributed by atoms with Crippen LogP contribution in [0.2, 0.25) is 10.0 Å². The maximum atomic E-state index is 13.2. The minimum absolute atomic E-state index is 0.122. The third kappa shape index (κ3) is 5.54. The highest BCUT2D eigenvalue weighted by atomic mass is 35.5. The van der Waals surface area contributed by atoms with E-state index < -0.39 is 0 Å². The van der Waals surface area contributed by atoms with E-state index in [-0.39, 0.29) is 22.5 Å². The van der Waals surface area contributed by atoms with Gasteiger partial charge in [-0.3, -0.25) is 0 Å². The summed E-state index contributed by atoms with van der Waals surface area (Å²) in [5.74, 6) is 0.537. The van der Waals surface area contributed by atoms with Gasteiger partial charge in [0, 0.05) is 29.4 Å². The Bertz CT molecular complexity index is 1120. The molecule has 0 aliphatic carbocycles. The zero-order valence-corrected chi connectivity index (χ0v) is 18.4. The summed E-state index contributed by atoms with van der Waals surface area (Å²) < 4.78 is 13.2. The van der Waals surface area contributed by atoms with Crippen molar-refractivity contribution in [2.75, 3.05) is 28.7 Å². The number of phenols is 1. The van der Waals surface area contributed by atoms with E-state index in [1.54, 1.807) is 12.1 Å². The van der Waals surface area contributed by atoms with Gasteiger partial charge in [0.1, 0.15) is 11.6 Å².